The predicted molar refractivity (Wildman–Crippen MR) is 97.9 cm³/mol. The molecule has 140 valence electrons. The van der Waals surface area contributed by atoms with Gasteiger partial charge in [0.05, 0.1) is 17.7 Å². The number of benzene rings is 1. The highest BCUT2D eigenvalue weighted by molar-refractivity contribution is 7.89. The van der Waals surface area contributed by atoms with Crippen molar-refractivity contribution in [3.63, 3.8) is 0 Å². The van der Waals surface area contributed by atoms with Gasteiger partial charge in [-0.1, -0.05) is 25.5 Å². The van der Waals surface area contributed by atoms with Gasteiger partial charge in [-0.3, -0.25) is 4.79 Å². The SMILES string of the molecule is CCCc1ccc(S(=O)(=O)N2CCCC2C(=O)NCc2ccco2)cc1. The molecule has 2 aromatic rings. The summed E-state index contributed by atoms with van der Waals surface area (Å²) in [5.41, 5.74) is 1.11. The lowest BCUT2D eigenvalue weighted by Crippen LogP contribution is -2.45. The molecule has 0 saturated carbocycles. The monoisotopic (exact) mass is 376 g/mol. The van der Waals surface area contributed by atoms with Crippen LogP contribution in [0.2, 0.25) is 0 Å². The molecule has 0 aliphatic carbocycles. The van der Waals surface area contributed by atoms with Crippen LogP contribution >= 0.6 is 0 Å². The van der Waals surface area contributed by atoms with Crippen molar-refractivity contribution >= 4 is 15.9 Å². The van der Waals surface area contributed by atoms with Crippen molar-refractivity contribution in [3.8, 4) is 0 Å². The molecule has 1 aliphatic heterocycles. The van der Waals surface area contributed by atoms with E-state index in [4.69, 9.17) is 4.42 Å². The summed E-state index contributed by atoms with van der Waals surface area (Å²) in [7, 11) is -3.69. The average molecular weight is 376 g/mol. The Labute approximate surface area is 154 Å². The Morgan fingerprint density at radius 1 is 1.27 bits per heavy atom. The summed E-state index contributed by atoms with van der Waals surface area (Å²) in [6.45, 7) is 2.70. The van der Waals surface area contributed by atoms with E-state index in [2.05, 4.69) is 12.2 Å². The molecule has 1 N–H and O–H groups in total. The molecule has 1 atom stereocenters. The van der Waals surface area contributed by atoms with Crippen LogP contribution in [0.25, 0.3) is 0 Å². The second-order valence-corrected chi connectivity index (χ2v) is 8.36. The zero-order valence-electron chi connectivity index (χ0n) is 14.8. The molecule has 0 radical (unpaired) electrons. The minimum Gasteiger partial charge on any atom is -0.467 e. The number of nitrogens with one attached hydrogen (secondary N) is 1. The number of furan rings is 1. The summed E-state index contributed by atoms with van der Waals surface area (Å²) in [6.07, 6.45) is 4.66. The topological polar surface area (TPSA) is 79.6 Å². The third kappa shape index (κ3) is 3.99. The Bertz CT molecular complexity index is 829. The Morgan fingerprint density at radius 3 is 2.69 bits per heavy atom. The van der Waals surface area contributed by atoms with Gasteiger partial charge < -0.3 is 9.73 Å². The summed E-state index contributed by atoms with van der Waals surface area (Å²) in [5, 5.41) is 2.77. The predicted octanol–water partition coefficient (Wildman–Crippen LogP) is 2.70. The van der Waals surface area contributed by atoms with E-state index in [1.165, 1.54) is 10.6 Å². The number of amides is 1. The molecule has 1 amide bonds. The van der Waals surface area contributed by atoms with Gasteiger partial charge in [0.1, 0.15) is 11.8 Å². The first kappa shape index (κ1) is 18.7. The molecule has 3 rings (SSSR count). The Balaban J connectivity index is 1.72. The summed E-state index contributed by atoms with van der Waals surface area (Å²) in [6, 6.07) is 9.80. The van der Waals surface area contributed by atoms with E-state index in [1.54, 1.807) is 24.3 Å². The quantitative estimate of drug-likeness (QED) is 0.806. The van der Waals surface area contributed by atoms with Gasteiger partial charge in [-0.2, -0.15) is 4.31 Å². The zero-order valence-corrected chi connectivity index (χ0v) is 15.7. The summed E-state index contributed by atoms with van der Waals surface area (Å²) in [5.74, 6) is 0.349. The smallest absolute Gasteiger partial charge is 0.243 e. The van der Waals surface area contributed by atoms with Crippen LogP contribution in [0.15, 0.2) is 52.0 Å². The van der Waals surface area contributed by atoms with Crippen LogP contribution in [0.4, 0.5) is 0 Å². The first-order chi connectivity index (χ1) is 12.5. The van der Waals surface area contributed by atoms with Crippen LogP contribution < -0.4 is 5.32 Å². The van der Waals surface area contributed by atoms with E-state index in [1.807, 2.05) is 12.1 Å². The molecule has 2 heterocycles. The third-order valence-corrected chi connectivity index (χ3v) is 6.51. The fourth-order valence-electron chi connectivity index (χ4n) is 3.25. The number of carbonyl (C=O) groups is 1. The van der Waals surface area contributed by atoms with Crippen LogP contribution in [0.5, 0.6) is 0 Å². The van der Waals surface area contributed by atoms with Crippen LogP contribution in [-0.4, -0.2) is 31.2 Å². The number of aryl methyl sites for hydroxylation is 1. The molecule has 1 fully saturated rings. The molecule has 1 unspecified atom stereocenters. The minimum absolute atomic E-state index is 0.239. The number of rotatable bonds is 7. The fourth-order valence-corrected chi connectivity index (χ4v) is 4.90. The van der Waals surface area contributed by atoms with Crippen molar-refractivity contribution in [2.45, 2.75) is 50.1 Å². The van der Waals surface area contributed by atoms with E-state index in [0.717, 1.165) is 18.4 Å². The zero-order chi connectivity index (χ0) is 18.6. The van der Waals surface area contributed by atoms with Crippen molar-refractivity contribution < 1.29 is 17.6 Å². The maximum Gasteiger partial charge on any atom is 0.243 e. The Kier molecular flexibility index (Phi) is 5.78. The molecular formula is C19H24N2O4S. The largest absolute Gasteiger partial charge is 0.467 e. The Morgan fingerprint density at radius 2 is 2.04 bits per heavy atom. The molecule has 1 aromatic heterocycles. The van der Waals surface area contributed by atoms with E-state index in [0.29, 0.717) is 25.1 Å². The fraction of sp³-hybridized carbons (Fsp3) is 0.421. The number of hydrogen-bond acceptors (Lipinski definition) is 4. The lowest BCUT2D eigenvalue weighted by atomic mass is 10.1. The van der Waals surface area contributed by atoms with Gasteiger partial charge in [0.15, 0.2) is 0 Å². The average Bonchev–Trinajstić information content (AvgIpc) is 3.32. The molecule has 0 bridgehead atoms. The molecule has 26 heavy (non-hydrogen) atoms. The normalized spacial score (nSPS) is 18.1. The van der Waals surface area contributed by atoms with Gasteiger partial charge in [0.25, 0.3) is 0 Å². The molecule has 1 aromatic carbocycles. The van der Waals surface area contributed by atoms with Crippen LogP contribution in [-0.2, 0) is 27.8 Å². The first-order valence-electron chi connectivity index (χ1n) is 8.93. The molecule has 7 heteroatoms. The van der Waals surface area contributed by atoms with Gasteiger partial charge in [0, 0.05) is 6.54 Å². The number of carbonyl (C=O) groups excluding carboxylic acids is 1. The number of nitrogens with zero attached hydrogens (tertiary/aromatic N) is 1. The molecule has 0 spiro atoms. The van der Waals surface area contributed by atoms with E-state index in [-0.39, 0.29) is 17.3 Å². The first-order valence-corrected chi connectivity index (χ1v) is 10.4. The van der Waals surface area contributed by atoms with Crippen molar-refractivity contribution in [1.29, 1.82) is 0 Å². The van der Waals surface area contributed by atoms with Gasteiger partial charge in [-0.25, -0.2) is 8.42 Å². The maximum absolute atomic E-state index is 13.0. The van der Waals surface area contributed by atoms with Gasteiger partial charge in [-0.15, -0.1) is 0 Å². The standard InChI is InChI=1S/C19H24N2O4S/c1-2-5-15-8-10-17(11-9-15)26(23,24)21-12-3-7-18(21)19(22)20-14-16-6-4-13-25-16/h4,6,8-11,13,18H,2-3,5,7,12,14H2,1H3,(H,20,22). The van der Waals surface area contributed by atoms with Crippen molar-refractivity contribution in [2.24, 2.45) is 0 Å². The van der Waals surface area contributed by atoms with Gasteiger partial charge in [0.2, 0.25) is 15.9 Å². The lowest BCUT2D eigenvalue weighted by molar-refractivity contribution is -0.124. The second kappa shape index (κ2) is 8.05. The van der Waals surface area contributed by atoms with Gasteiger partial charge in [-0.05, 0) is 49.1 Å². The van der Waals surface area contributed by atoms with Crippen LogP contribution in [0.1, 0.15) is 37.5 Å². The summed E-state index contributed by atoms with van der Waals surface area (Å²) in [4.78, 5) is 12.7. The van der Waals surface area contributed by atoms with Crippen molar-refractivity contribution in [1.82, 2.24) is 9.62 Å². The Hall–Kier alpha value is -2.12. The van der Waals surface area contributed by atoms with E-state index in [9.17, 15) is 13.2 Å². The van der Waals surface area contributed by atoms with E-state index < -0.39 is 16.1 Å². The van der Waals surface area contributed by atoms with Gasteiger partial charge >= 0.3 is 0 Å². The minimum atomic E-state index is -3.69. The maximum atomic E-state index is 13.0. The molecular weight excluding hydrogens is 352 g/mol. The highest BCUT2D eigenvalue weighted by Crippen LogP contribution is 2.26. The molecule has 1 saturated heterocycles. The van der Waals surface area contributed by atoms with E-state index >= 15 is 0 Å². The molecule has 6 nitrogen and oxygen atoms in total. The van der Waals surface area contributed by atoms with Crippen LogP contribution in [0, 0.1) is 0 Å². The number of sulfonamides is 1. The molecule has 1 aliphatic rings. The second-order valence-electron chi connectivity index (χ2n) is 6.46. The van der Waals surface area contributed by atoms with Crippen molar-refractivity contribution in [2.75, 3.05) is 6.54 Å². The highest BCUT2D eigenvalue weighted by Gasteiger charge is 2.39. The number of hydrogen-bond donors (Lipinski definition) is 1. The highest BCUT2D eigenvalue weighted by atomic mass is 32.2. The summed E-state index contributed by atoms with van der Waals surface area (Å²) < 4.78 is 32.5. The van der Waals surface area contributed by atoms with Crippen molar-refractivity contribution in [3.05, 3.63) is 54.0 Å². The third-order valence-electron chi connectivity index (χ3n) is 4.59. The van der Waals surface area contributed by atoms with Crippen LogP contribution in [0.3, 0.4) is 0 Å². The summed E-state index contributed by atoms with van der Waals surface area (Å²) >= 11 is 0. The lowest BCUT2D eigenvalue weighted by Gasteiger charge is -2.23.